The summed E-state index contributed by atoms with van der Waals surface area (Å²) in [6, 6.07) is 9.70. The molecule has 2 aromatic heterocycles. The highest BCUT2D eigenvalue weighted by Gasteiger charge is 2.20. The molecule has 3 rings (SSSR count). The van der Waals surface area contributed by atoms with Crippen molar-refractivity contribution in [2.24, 2.45) is 0 Å². The molecule has 0 aliphatic heterocycles. The summed E-state index contributed by atoms with van der Waals surface area (Å²) in [5.74, 6) is 1.36. The van der Waals surface area contributed by atoms with Crippen LogP contribution in [0.5, 0.6) is 5.75 Å². The lowest BCUT2D eigenvalue weighted by molar-refractivity contribution is -0.113. The number of aryl methyl sites for hydroxylation is 2. The molecule has 160 valence electrons. The first-order valence-electron chi connectivity index (χ1n) is 9.61. The van der Waals surface area contributed by atoms with Gasteiger partial charge in [0.2, 0.25) is 5.91 Å². The number of hydrogen-bond donors (Lipinski definition) is 1. The number of rotatable bonds is 9. The Morgan fingerprint density at radius 2 is 2.19 bits per heavy atom. The third kappa shape index (κ3) is 5.54. The molecule has 0 radical (unpaired) electrons. The molecule has 0 saturated carbocycles. The Kier molecular flexibility index (Phi) is 7.50. The number of benzene rings is 1. The van der Waals surface area contributed by atoms with Gasteiger partial charge in [0.1, 0.15) is 16.8 Å². The lowest BCUT2D eigenvalue weighted by Gasteiger charge is -2.16. The molecule has 0 aliphatic carbocycles. The lowest BCUT2D eigenvalue weighted by atomic mass is 10.1. The molecule has 9 heteroatoms. The predicted octanol–water partition coefficient (Wildman–Crippen LogP) is 4.88. The highest BCUT2D eigenvalue weighted by atomic mass is 32.2. The quantitative estimate of drug-likeness (QED) is 0.366. The fourth-order valence-corrected chi connectivity index (χ4v) is 4.35. The highest BCUT2D eigenvalue weighted by molar-refractivity contribution is 7.99. The van der Waals surface area contributed by atoms with E-state index in [1.54, 1.807) is 17.5 Å². The van der Waals surface area contributed by atoms with Crippen molar-refractivity contribution >= 4 is 34.0 Å². The van der Waals surface area contributed by atoms with E-state index in [1.807, 2.05) is 36.6 Å². The van der Waals surface area contributed by atoms with E-state index >= 15 is 0 Å². The second kappa shape index (κ2) is 10.3. The number of aromatic nitrogens is 3. The van der Waals surface area contributed by atoms with E-state index in [9.17, 15) is 4.79 Å². The summed E-state index contributed by atoms with van der Waals surface area (Å²) in [6.45, 7) is 10.3. The van der Waals surface area contributed by atoms with Crippen LogP contribution in [0.2, 0.25) is 0 Å². The molecule has 1 amide bonds. The van der Waals surface area contributed by atoms with E-state index in [0.717, 1.165) is 11.3 Å². The minimum absolute atomic E-state index is 0.143. The summed E-state index contributed by atoms with van der Waals surface area (Å²) in [5.41, 5.74) is 2.82. The largest absolute Gasteiger partial charge is 0.483 e. The number of carbonyl (C=O) groups is 1. The number of hydrogen-bond acceptors (Lipinski definition) is 7. The molecule has 1 unspecified atom stereocenters. The number of nitrogens with one attached hydrogen (secondary N) is 1. The van der Waals surface area contributed by atoms with Crippen LogP contribution in [0.15, 0.2) is 47.5 Å². The molecule has 0 bridgehead atoms. The van der Waals surface area contributed by atoms with Gasteiger partial charge in [-0.25, -0.2) is 0 Å². The van der Waals surface area contributed by atoms with Crippen LogP contribution in [-0.4, -0.2) is 26.4 Å². The maximum Gasteiger partial charge on any atom is 0.235 e. The molecule has 2 heterocycles. The molecule has 0 aliphatic rings. The van der Waals surface area contributed by atoms with Crippen LogP contribution in [0.1, 0.15) is 35.5 Å². The van der Waals surface area contributed by atoms with Gasteiger partial charge in [-0.2, -0.15) is 5.26 Å². The molecule has 0 saturated heterocycles. The van der Waals surface area contributed by atoms with Crippen molar-refractivity contribution < 1.29 is 9.53 Å². The van der Waals surface area contributed by atoms with E-state index < -0.39 is 0 Å². The molecule has 0 fully saturated rings. The minimum atomic E-state index is -0.331. The number of nitriles is 1. The first-order chi connectivity index (χ1) is 14.9. The van der Waals surface area contributed by atoms with Gasteiger partial charge in [-0.05, 0) is 55.5 Å². The summed E-state index contributed by atoms with van der Waals surface area (Å²) < 4.78 is 7.97. The number of allylic oxidation sites excluding steroid dienone is 1. The van der Waals surface area contributed by atoms with Crippen LogP contribution in [0, 0.1) is 25.2 Å². The number of thiophene rings is 1. The molecule has 1 atom stereocenters. The van der Waals surface area contributed by atoms with E-state index in [-0.39, 0.29) is 17.8 Å². The Morgan fingerprint density at radius 1 is 1.39 bits per heavy atom. The number of ether oxygens (including phenoxy) is 1. The molecular formula is C22H23N5O2S2. The summed E-state index contributed by atoms with van der Waals surface area (Å²) in [4.78, 5) is 12.3. The zero-order chi connectivity index (χ0) is 22.4. The van der Waals surface area contributed by atoms with Gasteiger partial charge in [0.05, 0.1) is 11.3 Å². The molecule has 7 nitrogen and oxygen atoms in total. The highest BCUT2D eigenvalue weighted by Crippen LogP contribution is 2.27. The number of amides is 1. The third-order valence-corrected chi connectivity index (χ3v) is 6.38. The standard InChI is InChI=1S/C22H23N5O2S2/c1-5-9-27-20(16(4)29-18-7-6-14(2)15(3)11-18)25-26-22(27)31-13-19(28)24-21-17(12-23)8-10-30-21/h5-8,10-11,16H,1,9,13H2,2-4H3,(H,24,28). The molecule has 0 spiro atoms. The monoisotopic (exact) mass is 453 g/mol. The third-order valence-electron chi connectivity index (χ3n) is 4.58. The predicted molar refractivity (Wildman–Crippen MR) is 124 cm³/mol. The molecule has 3 aromatic rings. The zero-order valence-electron chi connectivity index (χ0n) is 17.6. The average molecular weight is 454 g/mol. The van der Waals surface area contributed by atoms with Gasteiger partial charge >= 0.3 is 0 Å². The number of thioether (sulfide) groups is 1. The van der Waals surface area contributed by atoms with Crippen molar-refractivity contribution in [2.45, 2.75) is 38.6 Å². The Balaban J connectivity index is 1.69. The van der Waals surface area contributed by atoms with Crippen LogP contribution in [0.25, 0.3) is 0 Å². The number of nitrogens with zero attached hydrogens (tertiary/aromatic N) is 4. The summed E-state index contributed by atoms with van der Waals surface area (Å²) >= 11 is 2.59. The lowest BCUT2D eigenvalue weighted by Crippen LogP contribution is -2.15. The second-order valence-corrected chi connectivity index (χ2v) is 8.72. The molecule has 31 heavy (non-hydrogen) atoms. The van der Waals surface area contributed by atoms with Gasteiger partial charge in [0.25, 0.3) is 0 Å². The smallest absolute Gasteiger partial charge is 0.235 e. The van der Waals surface area contributed by atoms with E-state index in [1.165, 1.54) is 28.7 Å². The normalized spacial score (nSPS) is 11.5. The van der Waals surface area contributed by atoms with Crippen molar-refractivity contribution in [1.82, 2.24) is 14.8 Å². The van der Waals surface area contributed by atoms with Crippen molar-refractivity contribution in [3.05, 3.63) is 64.8 Å². The van der Waals surface area contributed by atoms with Crippen LogP contribution >= 0.6 is 23.1 Å². The Hall–Kier alpha value is -3.09. The first kappa shape index (κ1) is 22.6. The van der Waals surface area contributed by atoms with E-state index in [0.29, 0.717) is 28.1 Å². The zero-order valence-corrected chi connectivity index (χ0v) is 19.2. The van der Waals surface area contributed by atoms with Crippen LogP contribution < -0.4 is 10.1 Å². The topological polar surface area (TPSA) is 92.8 Å². The van der Waals surface area contributed by atoms with Gasteiger partial charge < -0.3 is 10.1 Å². The van der Waals surface area contributed by atoms with Gasteiger partial charge in [-0.3, -0.25) is 9.36 Å². The summed E-state index contributed by atoms with van der Waals surface area (Å²) in [7, 11) is 0. The number of carbonyl (C=O) groups excluding carboxylic acids is 1. The Bertz CT molecular complexity index is 1130. The Morgan fingerprint density at radius 3 is 2.90 bits per heavy atom. The summed E-state index contributed by atoms with van der Waals surface area (Å²) in [5, 5.41) is 23.3. The van der Waals surface area contributed by atoms with Gasteiger partial charge in [0.15, 0.2) is 17.1 Å². The fraction of sp³-hybridized carbons (Fsp3) is 0.273. The van der Waals surface area contributed by atoms with Gasteiger partial charge in [-0.1, -0.05) is 23.9 Å². The second-order valence-electron chi connectivity index (χ2n) is 6.86. The molecular weight excluding hydrogens is 430 g/mol. The van der Waals surface area contributed by atoms with Crippen LogP contribution in [0.4, 0.5) is 5.00 Å². The molecule has 1 N–H and O–H groups in total. The van der Waals surface area contributed by atoms with E-state index in [2.05, 4.69) is 35.1 Å². The first-order valence-corrected chi connectivity index (χ1v) is 11.5. The van der Waals surface area contributed by atoms with Gasteiger partial charge in [0, 0.05) is 6.54 Å². The van der Waals surface area contributed by atoms with Crippen molar-refractivity contribution in [3.63, 3.8) is 0 Å². The van der Waals surface area contributed by atoms with Crippen molar-refractivity contribution in [3.8, 4) is 11.8 Å². The van der Waals surface area contributed by atoms with Crippen molar-refractivity contribution in [1.29, 1.82) is 5.26 Å². The van der Waals surface area contributed by atoms with Crippen LogP contribution in [-0.2, 0) is 11.3 Å². The maximum absolute atomic E-state index is 12.3. The maximum atomic E-state index is 12.3. The Labute approximate surface area is 189 Å². The molecule has 1 aromatic carbocycles. The fourth-order valence-electron chi connectivity index (χ4n) is 2.84. The van der Waals surface area contributed by atoms with Crippen LogP contribution in [0.3, 0.4) is 0 Å². The SMILES string of the molecule is C=CCn1c(SCC(=O)Nc2sccc2C#N)nnc1C(C)Oc1ccc(C)c(C)c1. The minimum Gasteiger partial charge on any atom is -0.483 e. The van der Waals surface area contributed by atoms with E-state index in [4.69, 9.17) is 10.00 Å². The van der Waals surface area contributed by atoms with Gasteiger partial charge in [-0.15, -0.1) is 28.1 Å². The summed E-state index contributed by atoms with van der Waals surface area (Å²) in [6.07, 6.45) is 1.42. The number of anilines is 1. The van der Waals surface area contributed by atoms with Crippen molar-refractivity contribution in [2.75, 3.05) is 11.1 Å². The average Bonchev–Trinajstić information content (AvgIpc) is 3.36.